The SMILES string of the molecule is OCCCC1=CC=CC=CN1. The van der Waals surface area contributed by atoms with Crippen LogP contribution < -0.4 is 5.32 Å². The lowest BCUT2D eigenvalue weighted by molar-refractivity contribution is 0.288. The third-order valence-electron chi connectivity index (χ3n) is 1.49. The van der Waals surface area contributed by atoms with E-state index in [1.165, 1.54) is 0 Å². The molecule has 1 rings (SSSR count). The van der Waals surface area contributed by atoms with E-state index in [2.05, 4.69) is 5.32 Å². The summed E-state index contributed by atoms with van der Waals surface area (Å²) in [7, 11) is 0. The zero-order valence-corrected chi connectivity index (χ0v) is 6.46. The van der Waals surface area contributed by atoms with Crippen LogP contribution in [-0.4, -0.2) is 11.7 Å². The second-order valence-electron chi connectivity index (χ2n) is 2.41. The van der Waals surface area contributed by atoms with Crippen LogP contribution >= 0.6 is 0 Å². The second-order valence-corrected chi connectivity index (χ2v) is 2.41. The summed E-state index contributed by atoms with van der Waals surface area (Å²) in [6.45, 7) is 0.256. The van der Waals surface area contributed by atoms with Crippen molar-refractivity contribution in [3.63, 3.8) is 0 Å². The Hall–Kier alpha value is -1.02. The van der Waals surface area contributed by atoms with Crippen LogP contribution in [0.3, 0.4) is 0 Å². The highest BCUT2D eigenvalue weighted by Gasteiger charge is 1.93. The van der Waals surface area contributed by atoms with Crippen molar-refractivity contribution < 1.29 is 5.11 Å². The van der Waals surface area contributed by atoms with Crippen molar-refractivity contribution in [2.24, 2.45) is 0 Å². The first-order chi connectivity index (χ1) is 5.43. The number of aliphatic hydroxyl groups excluding tert-OH is 1. The molecule has 0 aromatic rings. The van der Waals surface area contributed by atoms with E-state index >= 15 is 0 Å². The molecule has 0 spiro atoms. The van der Waals surface area contributed by atoms with Gasteiger partial charge in [0.15, 0.2) is 0 Å². The fraction of sp³-hybridized carbons (Fsp3) is 0.333. The molecule has 0 amide bonds. The molecule has 0 unspecified atom stereocenters. The fourth-order valence-corrected chi connectivity index (χ4v) is 0.920. The van der Waals surface area contributed by atoms with Crippen LogP contribution in [-0.2, 0) is 0 Å². The van der Waals surface area contributed by atoms with E-state index in [0.29, 0.717) is 0 Å². The predicted octanol–water partition coefficient (Wildman–Crippen LogP) is 1.32. The fourth-order valence-electron chi connectivity index (χ4n) is 0.920. The standard InChI is InChI=1S/C9H13NO/c11-8-4-6-9-5-2-1-3-7-10-9/h1-3,5,7,10-11H,4,6,8H2. The minimum absolute atomic E-state index is 0.256. The Bertz CT molecular complexity index is 192. The molecule has 2 N–H and O–H groups in total. The van der Waals surface area contributed by atoms with E-state index in [-0.39, 0.29) is 6.61 Å². The zero-order chi connectivity index (χ0) is 7.94. The molecule has 2 heteroatoms. The third kappa shape index (κ3) is 3.05. The number of allylic oxidation sites excluding steroid dienone is 5. The Kier molecular flexibility index (Phi) is 3.48. The molecule has 0 fully saturated rings. The second kappa shape index (κ2) is 4.74. The number of nitrogens with one attached hydrogen (secondary N) is 1. The number of hydrogen-bond donors (Lipinski definition) is 2. The highest BCUT2D eigenvalue weighted by atomic mass is 16.2. The van der Waals surface area contributed by atoms with Gasteiger partial charge in [0.05, 0.1) is 0 Å². The average Bonchev–Trinajstić information content (AvgIpc) is 2.28. The summed E-state index contributed by atoms with van der Waals surface area (Å²) in [5.74, 6) is 0. The van der Waals surface area contributed by atoms with Crippen molar-refractivity contribution in [1.82, 2.24) is 5.32 Å². The molecule has 0 radical (unpaired) electrons. The van der Waals surface area contributed by atoms with Crippen LogP contribution in [0.1, 0.15) is 12.8 Å². The highest BCUT2D eigenvalue weighted by Crippen LogP contribution is 2.03. The summed E-state index contributed by atoms with van der Waals surface area (Å²) >= 11 is 0. The third-order valence-corrected chi connectivity index (χ3v) is 1.49. The van der Waals surface area contributed by atoms with E-state index in [4.69, 9.17) is 5.11 Å². The molecule has 0 saturated carbocycles. The van der Waals surface area contributed by atoms with Gasteiger partial charge >= 0.3 is 0 Å². The molecule has 1 aliphatic heterocycles. The highest BCUT2D eigenvalue weighted by molar-refractivity contribution is 5.20. The van der Waals surface area contributed by atoms with E-state index < -0.39 is 0 Å². The van der Waals surface area contributed by atoms with Crippen LogP contribution in [0, 0.1) is 0 Å². The van der Waals surface area contributed by atoms with Gasteiger partial charge in [0.25, 0.3) is 0 Å². The zero-order valence-electron chi connectivity index (χ0n) is 6.46. The summed E-state index contributed by atoms with van der Waals surface area (Å²) in [4.78, 5) is 0. The Balaban J connectivity index is 2.38. The number of hydrogen-bond acceptors (Lipinski definition) is 2. The Morgan fingerprint density at radius 1 is 1.27 bits per heavy atom. The normalized spacial score (nSPS) is 15.5. The molecular formula is C9H13NO. The maximum absolute atomic E-state index is 8.58. The van der Waals surface area contributed by atoms with Crippen molar-refractivity contribution in [2.75, 3.05) is 6.61 Å². The first-order valence-corrected chi connectivity index (χ1v) is 3.83. The van der Waals surface area contributed by atoms with Gasteiger partial charge in [-0.1, -0.05) is 12.2 Å². The smallest absolute Gasteiger partial charge is 0.0434 e. The Morgan fingerprint density at radius 2 is 2.18 bits per heavy atom. The van der Waals surface area contributed by atoms with Gasteiger partial charge in [-0.3, -0.25) is 0 Å². The van der Waals surface area contributed by atoms with Crippen LogP contribution in [0.4, 0.5) is 0 Å². The molecule has 60 valence electrons. The lowest BCUT2D eigenvalue weighted by atomic mass is 10.2. The molecule has 0 bridgehead atoms. The lowest BCUT2D eigenvalue weighted by Crippen LogP contribution is -2.04. The van der Waals surface area contributed by atoms with Gasteiger partial charge in [0.2, 0.25) is 0 Å². The molecule has 0 aliphatic carbocycles. The minimum Gasteiger partial charge on any atom is -0.396 e. The molecular weight excluding hydrogens is 138 g/mol. The van der Waals surface area contributed by atoms with Gasteiger partial charge < -0.3 is 10.4 Å². The lowest BCUT2D eigenvalue weighted by Gasteiger charge is -2.03. The molecule has 0 atom stereocenters. The molecule has 0 aromatic carbocycles. The minimum atomic E-state index is 0.256. The summed E-state index contributed by atoms with van der Waals surface area (Å²) in [6, 6.07) is 0. The van der Waals surface area contributed by atoms with Crippen LogP contribution in [0.5, 0.6) is 0 Å². The molecule has 1 heterocycles. The first kappa shape index (κ1) is 8.08. The Labute approximate surface area is 66.9 Å². The average molecular weight is 151 g/mol. The molecule has 0 saturated heterocycles. The van der Waals surface area contributed by atoms with E-state index in [1.54, 1.807) is 0 Å². The van der Waals surface area contributed by atoms with Crippen LogP contribution in [0.25, 0.3) is 0 Å². The van der Waals surface area contributed by atoms with Crippen LogP contribution in [0.2, 0.25) is 0 Å². The predicted molar refractivity (Wildman–Crippen MR) is 45.8 cm³/mol. The maximum atomic E-state index is 8.58. The first-order valence-electron chi connectivity index (χ1n) is 3.83. The summed E-state index contributed by atoms with van der Waals surface area (Å²) in [5.41, 5.74) is 1.16. The summed E-state index contributed by atoms with van der Waals surface area (Å²) in [6.07, 6.45) is 11.6. The van der Waals surface area contributed by atoms with Crippen molar-refractivity contribution in [3.8, 4) is 0 Å². The van der Waals surface area contributed by atoms with Gasteiger partial charge in [-0.05, 0) is 25.0 Å². The summed E-state index contributed by atoms with van der Waals surface area (Å²) in [5, 5.41) is 11.7. The van der Waals surface area contributed by atoms with Gasteiger partial charge in [0.1, 0.15) is 0 Å². The van der Waals surface area contributed by atoms with Crippen molar-refractivity contribution >= 4 is 0 Å². The largest absolute Gasteiger partial charge is 0.396 e. The van der Waals surface area contributed by atoms with Crippen LogP contribution in [0.15, 0.2) is 36.2 Å². The topological polar surface area (TPSA) is 32.3 Å². The molecule has 0 aromatic heterocycles. The van der Waals surface area contributed by atoms with Crippen molar-refractivity contribution in [3.05, 3.63) is 36.2 Å². The molecule has 11 heavy (non-hydrogen) atoms. The Morgan fingerprint density at radius 3 is 3.00 bits per heavy atom. The maximum Gasteiger partial charge on any atom is 0.0434 e. The van der Waals surface area contributed by atoms with Gasteiger partial charge in [-0.15, -0.1) is 0 Å². The van der Waals surface area contributed by atoms with E-state index in [9.17, 15) is 0 Å². The van der Waals surface area contributed by atoms with Gasteiger partial charge in [-0.25, -0.2) is 0 Å². The molecule has 1 aliphatic rings. The number of rotatable bonds is 3. The summed E-state index contributed by atoms with van der Waals surface area (Å²) < 4.78 is 0. The monoisotopic (exact) mass is 151 g/mol. The van der Waals surface area contributed by atoms with Gasteiger partial charge in [-0.2, -0.15) is 0 Å². The quantitative estimate of drug-likeness (QED) is 0.637. The van der Waals surface area contributed by atoms with E-state index in [0.717, 1.165) is 18.5 Å². The van der Waals surface area contributed by atoms with E-state index in [1.807, 2.05) is 30.5 Å². The van der Waals surface area contributed by atoms with Gasteiger partial charge in [0, 0.05) is 18.5 Å². The van der Waals surface area contributed by atoms with Crippen molar-refractivity contribution in [1.29, 1.82) is 0 Å². The van der Waals surface area contributed by atoms with Crippen molar-refractivity contribution in [2.45, 2.75) is 12.8 Å². The number of aliphatic hydroxyl groups is 1. The molecule has 2 nitrogen and oxygen atoms in total.